The molecule has 1 atom stereocenters. The van der Waals surface area contributed by atoms with Crippen molar-refractivity contribution >= 4 is 17.5 Å². The number of hydrogen-bond donors (Lipinski definition) is 1. The lowest BCUT2D eigenvalue weighted by Gasteiger charge is -2.35. The number of anilines is 1. The number of amides is 2. The number of rotatable bonds is 6. The van der Waals surface area contributed by atoms with Crippen molar-refractivity contribution in [1.29, 1.82) is 0 Å². The molecule has 1 fully saturated rings. The Kier molecular flexibility index (Phi) is 7.06. The van der Waals surface area contributed by atoms with Gasteiger partial charge < -0.3 is 15.1 Å². The van der Waals surface area contributed by atoms with Gasteiger partial charge in [0.2, 0.25) is 11.8 Å². The summed E-state index contributed by atoms with van der Waals surface area (Å²) in [6.07, 6.45) is 2.66. The molecule has 144 valence electrons. The minimum Gasteiger partial charge on any atom is -0.375 e. The van der Waals surface area contributed by atoms with E-state index in [9.17, 15) is 9.59 Å². The van der Waals surface area contributed by atoms with Crippen LogP contribution in [0.15, 0.2) is 30.3 Å². The number of carbonyl (C=O) groups excluding carboxylic acids is 2. The summed E-state index contributed by atoms with van der Waals surface area (Å²) in [5.74, 6) is 0.139. The van der Waals surface area contributed by atoms with Crippen LogP contribution in [0.4, 0.5) is 5.69 Å². The van der Waals surface area contributed by atoms with Crippen LogP contribution in [0, 0.1) is 11.3 Å². The van der Waals surface area contributed by atoms with Gasteiger partial charge in [-0.05, 0) is 31.4 Å². The first-order valence-corrected chi connectivity index (χ1v) is 9.62. The van der Waals surface area contributed by atoms with Crippen molar-refractivity contribution in [2.45, 2.75) is 40.0 Å². The normalized spacial score (nSPS) is 17.7. The van der Waals surface area contributed by atoms with Crippen molar-refractivity contribution in [2.75, 3.05) is 38.1 Å². The van der Waals surface area contributed by atoms with E-state index in [4.69, 9.17) is 0 Å². The highest BCUT2D eigenvalue weighted by Crippen LogP contribution is 2.23. The van der Waals surface area contributed by atoms with Crippen LogP contribution in [0.2, 0.25) is 0 Å². The fourth-order valence-corrected chi connectivity index (χ4v) is 3.33. The van der Waals surface area contributed by atoms with Crippen molar-refractivity contribution in [2.24, 2.45) is 11.3 Å². The second-order valence-corrected chi connectivity index (χ2v) is 8.24. The van der Waals surface area contributed by atoms with Crippen molar-refractivity contribution in [3.05, 3.63) is 30.3 Å². The number of likely N-dealkylation sites (tertiary alicyclic amines) is 1. The summed E-state index contributed by atoms with van der Waals surface area (Å²) in [6.45, 7) is 8.67. The molecule has 2 rings (SSSR count). The molecule has 0 aliphatic carbocycles. The quantitative estimate of drug-likeness (QED) is 0.795. The highest BCUT2D eigenvalue weighted by atomic mass is 16.2. The Morgan fingerprint density at radius 1 is 1.23 bits per heavy atom. The zero-order chi connectivity index (χ0) is 19.2. The van der Waals surface area contributed by atoms with E-state index in [0.29, 0.717) is 13.1 Å². The molecular formula is C21H33N3O2. The molecule has 26 heavy (non-hydrogen) atoms. The molecule has 1 unspecified atom stereocenters. The molecule has 1 aliphatic heterocycles. The number of nitrogens with zero attached hydrogens (tertiary/aromatic N) is 2. The van der Waals surface area contributed by atoms with Crippen molar-refractivity contribution in [1.82, 2.24) is 10.2 Å². The minimum absolute atomic E-state index is 0.0816. The average Bonchev–Trinajstić information content (AvgIpc) is 2.64. The van der Waals surface area contributed by atoms with Gasteiger partial charge >= 0.3 is 0 Å². The molecule has 1 aromatic rings. The maximum atomic E-state index is 12.5. The molecule has 1 N–H and O–H groups in total. The number of piperidine rings is 1. The van der Waals surface area contributed by atoms with E-state index in [1.165, 1.54) is 5.69 Å². The maximum absolute atomic E-state index is 12.5. The van der Waals surface area contributed by atoms with E-state index in [1.807, 2.05) is 43.9 Å². The molecule has 1 saturated heterocycles. The van der Waals surface area contributed by atoms with Gasteiger partial charge in [0.15, 0.2) is 0 Å². The molecule has 5 heteroatoms. The Labute approximate surface area is 157 Å². The van der Waals surface area contributed by atoms with E-state index in [2.05, 4.69) is 29.4 Å². The SMILES string of the molecule is CN(CCCNC(=O)C1CCCN(C(=O)C(C)(C)C)C1)c1ccccc1. The molecule has 1 heterocycles. The molecule has 0 aromatic heterocycles. The van der Waals surface area contributed by atoms with Gasteiger partial charge in [0, 0.05) is 44.3 Å². The highest BCUT2D eigenvalue weighted by Gasteiger charge is 2.33. The van der Waals surface area contributed by atoms with Crippen LogP contribution in [-0.2, 0) is 9.59 Å². The van der Waals surface area contributed by atoms with Gasteiger partial charge in [0.05, 0.1) is 5.92 Å². The summed E-state index contributed by atoms with van der Waals surface area (Å²) in [6, 6.07) is 10.2. The second-order valence-electron chi connectivity index (χ2n) is 8.24. The number of hydrogen-bond acceptors (Lipinski definition) is 3. The fraction of sp³-hybridized carbons (Fsp3) is 0.619. The zero-order valence-electron chi connectivity index (χ0n) is 16.6. The first-order chi connectivity index (χ1) is 12.3. The molecule has 5 nitrogen and oxygen atoms in total. The van der Waals surface area contributed by atoms with Crippen LogP contribution in [0.3, 0.4) is 0 Å². The van der Waals surface area contributed by atoms with Gasteiger partial charge in [-0.2, -0.15) is 0 Å². The van der Waals surface area contributed by atoms with E-state index in [1.54, 1.807) is 0 Å². The first-order valence-electron chi connectivity index (χ1n) is 9.62. The summed E-state index contributed by atoms with van der Waals surface area (Å²) < 4.78 is 0. The summed E-state index contributed by atoms with van der Waals surface area (Å²) in [5, 5.41) is 3.05. The third kappa shape index (κ3) is 5.75. The van der Waals surface area contributed by atoms with Crippen LogP contribution in [0.25, 0.3) is 0 Å². The topological polar surface area (TPSA) is 52.7 Å². The number of benzene rings is 1. The fourth-order valence-electron chi connectivity index (χ4n) is 3.33. The van der Waals surface area contributed by atoms with Gasteiger partial charge in [-0.3, -0.25) is 9.59 Å². The monoisotopic (exact) mass is 359 g/mol. The zero-order valence-corrected chi connectivity index (χ0v) is 16.6. The highest BCUT2D eigenvalue weighted by molar-refractivity contribution is 5.83. The number of nitrogens with one attached hydrogen (secondary N) is 1. The Bertz CT molecular complexity index is 595. The van der Waals surface area contributed by atoms with Gasteiger partial charge in [-0.15, -0.1) is 0 Å². The Balaban J connectivity index is 1.73. The third-order valence-electron chi connectivity index (χ3n) is 4.89. The predicted octanol–water partition coefficient (Wildman–Crippen LogP) is 2.91. The molecular weight excluding hydrogens is 326 g/mol. The molecule has 1 aromatic carbocycles. The molecule has 0 radical (unpaired) electrons. The minimum atomic E-state index is -0.389. The number of carbonyl (C=O) groups is 2. The molecule has 0 bridgehead atoms. The largest absolute Gasteiger partial charge is 0.375 e. The first kappa shape index (κ1) is 20.3. The summed E-state index contributed by atoms with van der Waals surface area (Å²) in [5.41, 5.74) is 0.794. The van der Waals surface area contributed by atoms with Gasteiger partial charge in [-0.25, -0.2) is 0 Å². The maximum Gasteiger partial charge on any atom is 0.227 e. The average molecular weight is 360 g/mol. The van der Waals surface area contributed by atoms with Crippen molar-refractivity contribution < 1.29 is 9.59 Å². The van der Waals surface area contributed by atoms with Crippen LogP contribution in [0.1, 0.15) is 40.0 Å². The summed E-state index contributed by atoms with van der Waals surface area (Å²) >= 11 is 0. The van der Waals surface area contributed by atoms with E-state index in [-0.39, 0.29) is 23.1 Å². The van der Waals surface area contributed by atoms with Crippen molar-refractivity contribution in [3.63, 3.8) is 0 Å². The van der Waals surface area contributed by atoms with Gasteiger partial charge in [0.1, 0.15) is 0 Å². The summed E-state index contributed by atoms with van der Waals surface area (Å²) in [4.78, 5) is 29.0. The van der Waals surface area contributed by atoms with Crippen molar-refractivity contribution in [3.8, 4) is 0 Å². The third-order valence-corrected chi connectivity index (χ3v) is 4.89. The van der Waals surface area contributed by atoms with Crippen LogP contribution in [0.5, 0.6) is 0 Å². The smallest absolute Gasteiger partial charge is 0.227 e. The lowest BCUT2D eigenvalue weighted by molar-refractivity contribution is -0.142. The van der Waals surface area contributed by atoms with E-state index in [0.717, 1.165) is 32.4 Å². The van der Waals surface area contributed by atoms with Gasteiger partial charge in [0.25, 0.3) is 0 Å². The predicted molar refractivity (Wildman–Crippen MR) is 106 cm³/mol. The lowest BCUT2D eigenvalue weighted by Crippen LogP contribution is -2.48. The lowest BCUT2D eigenvalue weighted by atomic mass is 9.91. The van der Waals surface area contributed by atoms with Crippen LogP contribution in [-0.4, -0.2) is 49.9 Å². The van der Waals surface area contributed by atoms with Crippen LogP contribution < -0.4 is 10.2 Å². The van der Waals surface area contributed by atoms with Crippen LogP contribution >= 0.6 is 0 Å². The van der Waals surface area contributed by atoms with Gasteiger partial charge in [-0.1, -0.05) is 39.0 Å². The Hall–Kier alpha value is -2.04. The second kappa shape index (κ2) is 9.06. The Morgan fingerprint density at radius 2 is 1.92 bits per heavy atom. The van der Waals surface area contributed by atoms with E-state index >= 15 is 0 Å². The standard InChI is InChI=1S/C21H33N3O2/c1-21(2,3)20(26)24-15-8-10-17(16-24)19(25)22-13-9-14-23(4)18-11-6-5-7-12-18/h5-7,11-12,17H,8-10,13-16H2,1-4H3,(H,22,25). The van der Waals surface area contributed by atoms with E-state index < -0.39 is 0 Å². The summed E-state index contributed by atoms with van der Waals surface area (Å²) in [7, 11) is 2.06. The molecule has 1 aliphatic rings. The Morgan fingerprint density at radius 3 is 2.58 bits per heavy atom. The molecule has 0 spiro atoms. The number of para-hydroxylation sites is 1. The molecule has 2 amide bonds. The molecule has 0 saturated carbocycles.